The number of nitrogens with zero attached hydrogens (tertiary/aromatic N) is 1. The van der Waals surface area contributed by atoms with Gasteiger partial charge in [-0.05, 0) is 89.4 Å². The van der Waals surface area contributed by atoms with Crippen LogP contribution >= 0.6 is 27.5 Å². The topological polar surface area (TPSA) is 64.4 Å². The van der Waals surface area contributed by atoms with Gasteiger partial charge in [0.25, 0.3) is 5.91 Å². The SMILES string of the molecule is CCOc1ccc(C(=O)Nc2ccc(-c3nc4cc(CC)cc(Br)c4o3)cc2)cc1Cl. The van der Waals surface area contributed by atoms with Crippen LogP contribution in [0.2, 0.25) is 5.02 Å². The Balaban J connectivity index is 1.52. The van der Waals surface area contributed by atoms with Crippen molar-refractivity contribution < 1.29 is 13.9 Å². The highest BCUT2D eigenvalue weighted by Crippen LogP contribution is 2.31. The fourth-order valence-corrected chi connectivity index (χ4v) is 4.00. The number of ether oxygens (including phenoxy) is 1. The minimum absolute atomic E-state index is 0.254. The molecule has 1 N–H and O–H groups in total. The predicted octanol–water partition coefficient (Wildman–Crippen LogP) is 7.12. The Morgan fingerprint density at radius 1 is 1.13 bits per heavy atom. The normalized spacial score (nSPS) is 11.0. The van der Waals surface area contributed by atoms with Crippen molar-refractivity contribution >= 4 is 50.2 Å². The van der Waals surface area contributed by atoms with Gasteiger partial charge in [0.15, 0.2) is 5.58 Å². The standard InChI is InChI=1S/C24H20BrClN2O3/c1-3-14-11-18(25)22-20(12-14)28-24(31-22)15-5-8-17(9-6-15)27-23(29)16-7-10-21(30-4-2)19(26)13-16/h5-13H,3-4H2,1-2H3,(H,27,29). The van der Waals surface area contributed by atoms with E-state index < -0.39 is 0 Å². The average Bonchev–Trinajstić information content (AvgIpc) is 3.20. The largest absolute Gasteiger partial charge is 0.492 e. The average molecular weight is 500 g/mol. The zero-order valence-electron chi connectivity index (χ0n) is 17.0. The number of carbonyl (C=O) groups excluding carboxylic acids is 1. The Kier molecular flexibility index (Phi) is 6.30. The lowest BCUT2D eigenvalue weighted by Gasteiger charge is -2.09. The molecule has 3 aromatic carbocycles. The number of oxazole rings is 1. The van der Waals surface area contributed by atoms with Gasteiger partial charge < -0.3 is 14.5 Å². The first-order valence-electron chi connectivity index (χ1n) is 9.91. The van der Waals surface area contributed by atoms with E-state index in [9.17, 15) is 4.79 Å². The number of fused-ring (bicyclic) bond motifs is 1. The Bertz CT molecular complexity index is 1250. The summed E-state index contributed by atoms with van der Waals surface area (Å²) in [4.78, 5) is 17.2. The first-order chi connectivity index (χ1) is 15.0. The molecule has 0 aliphatic rings. The van der Waals surface area contributed by atoms with Crippen LogP contribution in [0.5, 0.6) is 5.75 Å². The molecule has 0 saturated heterocycles. The Labute approximate surface area is 193 Å². The van der Waals surface area contributed by atoms with Gasteiger partial charge in [-0.15, -0.1) is 0 Å². The van der Waals surface area contributed by atoms with E-state index in [-0.39, 0.29) is 5.91 Å². The van der Waals surface area contributed by atoms with Crippen LogP contribution in [-0.2, 0) is 6.42 Å². The molecule has 0 atom stereocenters. The lowest BCUT2D eigenvalue weighted by Crippen LogP contribution is -2.11. The molecule has 0 radical (unpaired) electrons. The lowest BCUT2D eigenvalue weighted by atomic mass is 10.1. The number of aryl methyl sites for hydroxylation is 1. The maximum atomic E-state index is 12.6. The second kappa shape index (κ2) is 9.12. The molecule has 1 amide bonds. The highest BCUT2D eigenvalue weighted by molar-refractivity contribution is 9.10. The third-order valence-electron chi connectivity index (χ3n) is 4.80. The van der Waals surface area contributed by atoms with Gasteiger partial charge in [-0.3, -0.25) is 4.79 Å². The van der Waals surface area contributed by atoms with Crippen LogP contribution < -0.4 is 10.1 Å². The van der Waals surface area contributed by atoms with Gasteiger partial charge in [0.2, 0.25) is 5.89 Å². The molecule has 158 valence electrons. The second-order valence-corrected chi connectivity index (χ2v) is 8.17. The summed E-state index contributed by atoms with van der Waals surface area (Å²) in [7, 11) is 0. The van der Waals surface area contributed by atoms with Gasteiger partial charge in [-0.1, -0.05) is 18.5 Å². The number of anilines is 1. The molecule has 0 spiro atoms. The molecule has 4 aromatic rings. The fraction of sp³-hybridized carbons (Fsp3) is 0.167. The van der Waals surface area contributed by atoms with E-state index in [1.807, 2.05) is 43.3 Å². The molecular weight excluding hydrogens is 480 g/mol. The molecule has 0 unspecified atom stereocenters. The van der Waals surface area contributed by atoms with E-state index in [2.05, 4.69) is 33.2 Å². The van der Waals surface area contributed by atoms with Crippen LogP contribution in [0.4, 0.5) is 5.69 Å². The summed E-state index contributed by atoms with van der Waals surface area (Å²) in [6.45, 7) is 4.49. The maximum Gasteiger partial charge on any atom is 0.255 e. The molecule has 0 aliphatic heterocycles. The number of nitrogens with one attached hydrogen (secondary N) is 1. The predicted molar refractivity (Wildman–Crippen MR) is 127 cm³/mol. The minimum Gasteiger partial charge on any atom is -0.492 e. The highest BCUT2D eigenvalue weighted by atomic mass is 79.9. The van der Waals surface area contributed by atoms with E-state index in [4.69, 9.17) is 20.8 Å². The molecule has 1 aromatic heterocycles. The molecular formula is C24H20BrClN2O3. The van der Waals surface area contributed by atoms with Gasteiger partial charge in [-0.2, -0.15) is 0 Å². The van der Waals surface area contributed by atoms with E-state index in [1.165, 1.54) is 5.56 Å². The van der Waals surface area contributed by atoms with Gasteiger partial charge >= 0.3 is 0 Å². The first-order valence-corrected chi connectivity index (χ1v) is 11.1. The number of carbonyl (C=O) groups is 1. The van der Waals surface area contributed by atoms with Crippen molar-refractivity contribution in [3.05, 3.63) is 75.2 Å². The summed E-state index contributed by atoms with van der Waals surface area (Å²) < 4.78 is 12.2. The quantitative estimate of drug-likeness (QED) is 0.307. The minimum atomic E-state index is -0.254. The number of benzene rings is 3. The van der Waals surface area contributed by atoms with Crippen LogP contribution in [0.15, 0.2) is 63.5 Å². The summed E-state index contributed by atoms with van der Waals surface area (Å²) in [5, 5.41) is 3.27. The molecule has 1 heterocycles. The number of halogens is 2. The summed E-state index contributed by atoms with van der Waals surface area (Å²) in [5.74, 6) is 0.830. The number of amides is 1. The van der Waals surface area contributed by atoms with Crippen LogP contribution in [0, 0.1) is 0 Å². The monoisotopic (exact) mass is 498 g/mol. The van der Waals surface area contributed by atoms with Crippen molar-refractivity contribution in [1.82, 2.24) is 4.98 Å². The van der Waals surface area contributed by atoms with Crippen LogP contribution in [-0.4, -0.2) is 17.5 Å². The van der Waals surface area contributed by atoms with Crippen molar-refractivity contribution in [3.8, 4) is 17.2 Å². The van der Waals surface area contributed by atoms with E-state index in [0.29, 0.717) is 34.5 Å². The first kappa shape index (κ1) is 21.4. The van der Waals surface area contributed by atoms with E-state index in [1.54, 1.807) is 18.2 Å². The van der Waals surface area contributed by atoms with Crippen LogP contribution in [0.3, 0.4) is 0 Å². The van der Waals surface area contributed by atoms with Crippen molar-refractivity contribution in [2.75, 3.05) is 11.9 Å². The van der Waals surface area contributed by atoms with Gasteiger partial charge in [-0.25, -0.2) is 4.98 Å². The lowest BCUT2D eigenvalue weighted by molar-refractivity contribution is 0.102. The zero-order valence-corrected chi connectivity index (χ0v) is 19.4. The molecule has 0 saturated carbocycles. The Morgan fingerprint density at radius 2 is 1.90 bits per heavy atom. The number of hydrogen-bond donors (Lipinski definition) is 1. The van der Waals surface area contributed by atoms with Crippen LogP contribution in [0.1, 0.15) is 29.8 Å². The maximum absolute atomic E-state index is 12.6. The second-order valence-electron chi connectivity index (χ2n) is 6.91. The third kappa shape index (κ3) is 4.60. The smallest absolute Gasteiger partial charge is 0.255 e. The summed E-state index contributed by atoms with van der Waals surface area (Å²) >= 11 is 9.74. The van der Waals surface area contributed by atoms with Gasteiger partial charge in [0, 0.05) is 16.8 Å². The van der Waals surface area contributed by atoms with Crippen molar-refractivity contribution in [3.63, 3.8) is 0 Å². The van der Waals surface area contributed by atoms with Crippen molar-refractivity contribution in [2.24, 2.45) is 0 Å². The summed E-state index contributed by atoms with van der Waals surface area (Å²) in [6, 6.07) is 16.4. The molecule has 31 heavy (non-hydrogen) atoms. The Hall–Kier alpha value is -2.83. The third-order valence-corrected chi connectivity index (χ3v) is 5.68. The van der Waals surface area contributed by atoms with Crippen molar-refractivity contribution in [1.29, 1.82) is 0 Å². The van der Waals surface area contributed by atoms with Crippen LogP contribution in [0.25, 0.3) is 22.6 Å². The molecule has 4 rings (SSSR count). The molecule has 0 bridgehead atoms. The highest BCUT2D eigenvalue weighted by Gasteiger charge is 2.13. The van der Waals surface area contributed by atoms with E-state index in [0.717, 1.165) is 27.6 Å². The molecule has 5 nitrogen and oxygen atoms in total. The summed E-state index contributed by atoms with van der Waals surface area (Å²) in [6.07, 6.45) is 0.921. The summed E-state index contributed by atoms with van der Waals surface area (Å²) in [5.41, 5.74) is 4.65. The van der Waals surface area contributed by atoms with E-state index >= 15 is 0 Å². The molecule has 7 heteroatoms. The van der Waals surface area contributed by atoms with Crippen molar-refractivity contribution in [2.45, 2.75) is 20.3 Å². The number of hydrogen-bond acceptors (Lipinski definition) is 4. The van der Waals surface area contributed by atoms with Gasteiger partial charge in [0.05, 0.1) is 16.1 Å². The molecule has 0 aliphatic carbocycles. The number of aromatic nitrogens is 1. The fourth-order valence-electron chi connectivity index (χ4n) is 3.19. The Morgan fingerprint density at radius 3 is 2.58 bits per heavy atom. The zero-order chi connectivity index (χ0) is 22.0. The number of rotatable bonds is 6. The van der Waals surface area contributed by atoms with Gasteiger partial charge in [0.1, 0.15) is 11.3 Å². The molecule has 0 fully saturated rings.